The van der Waals surface area contributed by atoms with E-state index in [1.165, 1.54) is 5.69 Å². The highest BCUT2D eigenvalue weighted by molar-refractivity contribution is 8.00. The molecule has 4 rings (SSSR count). The molecule has 35 heavy (non-hydrogen) atoms. The van der Waals surface area contributed by atoms with Gasteiger partial charge in [-0.25, -0.2) is 0 Å². The normalized spacial score (nSPS) is 15.3. The van der Waals surface area contributed by atoms with E-state index in [0.717, 1.165) is 29.8 Å². The van der Waals surface area contributed by atoms with Gasteiger partial charge in [0.15, 0.2) is 0 Å². The molecule has 0 aromatic heterocycles. The van der Waals surface area contributed by atoms with Crippen LogP contribution in [0.3, 0.4) is 0 Å². The molecule has 0 radical (unpaired) electrons. The number of anilines is 1. The van der Waals surface area contributed by atoms with E-state index in [1.807, 2.05) is 53.4 Å². The van der Waals surface area contributed by atoms with E-state index in [9.17, 15) is 9.59 Å². The molecule has 0 bridgehead atoms. The number of carbonyl (C=O) groups is 2. The Balaban J connectivity index is 1.36. The summed E-state index contributed by atoms with van der Waals surface area (Å²) in [4.78, 5) is 29.4. The van der Waals surface area contributed by atoms with E-state index >= 15 is 0 Å². The van der Waals surface area contributed by atoms with Crippen molar-refractivity contribution >= 4 is 40.9 Å². The number of amides is 2. The standard InChI is InChI=1S/C28H30ClN3O2S/c1-3-31(4-2)25-15-7-20(8-16-25)17-30-27(34)22-9-11-23(12-10-22)28-32(26(33)19-35-28)18-21-5-13-24(29)14-6-21/h5-16,28H,3-4,17-19H2,1-2H3,(H,30,34)/t28-/m1/s1. The zero-order valence-corrected chi connectivity index (χ0v) is 21.6. The van der Waals surface area contributed by atoms with Gasteiger partial charge in [-0.3, -0.25) is 9.59 Å². The van der Waals surface area contributed by atoms with E-state index < -0.39 is 0 Å². The summed E-state index contributed by atoms with van der Waals surface area (Å²) in [6, 6.07) is 23.4. The average Bonchev–Trinajstić information content (AvgIpc) is 3.25. The fourth-order valence-electron chi connectivity index (χ4n) is 4.18. The summed E-state index contributed by atoms with van der Waals surface area (Å²) in [6.07, 6.45) is 0. The number of benzene rings is 3. The molecule has 1 aliphatic heterocycles. The summed E-state index contributed by atoms with van der Waals surface area (Å²) in [5.41, 5.74) is 4.90. The van der Waals surface area contributed by atoms with Crippen molar-refractivity contribution < 1.29 is 9.59 Å². The second kappa shape index (κ2) is 11.6. The van der Waals surface area contributed by atoms with E-state index in [0.29, 0.717) is 29.4 Å². The molecule has 1 fully saturated rings. The summed E-state index contributed by atoms with van der Waals surface area (Å²) >= 11 is 7.60. The maximum atomic E-state index is 12.7. The maximum Gasteiger partial charge on any atom is 0.251 e. The molecule has 0 aliphatic carbocycles. The Kier molecular flexibility index (Phi) is 8.37. The van der Waals surface area contributed by atoms with Crippen LogP contribution in [0, 0.1) is 0 Å². The van der Waals surface area contributed by atoms with Gasteiger partial charge in [-0.1, -0.05) is 48.0 Å². The number of halogens is 1. The molecule has 3 aromatic carbocycles. The monoisotopic (exact) mass is 507 g/mol. The lowest BCUT2D eigenvalue weighted by atomic mass is 10.1. The molecule has 1 saturated heterocycles. The van der Waals surface area contributed by atoms with E-state index in [-0.39, 0.29) is 17.2 Å². The quantitative estimate of drug-likeness (QED) is 0.392. The number of rotatable bonds is 9. The maximum absolute atomic E-state index is 12.7. The molecular formula is C28H30ClN3O2S. The number of thioether (sulfide) groups is 1. The predicted octanol–water partition coefficient (Wildman–Crippen LogP) is 5.89. The Hall–Kier alpha value is -2.96. The molecule has 0 unspecified atom stereocenters. The lowest BCUT2D eigenvalue weighted by Crippen LogP contribution is -2.27. The zero-order chi connectivity index (χ0) is 24.8. The third kappa shape index (κ3) is 6.19. The second-order valence-corrected chi connectivity index (χ2v) is 9.96. The summed E-state index contributed by atoms with van der Waals surface area (Å²) in [6.45, 7) is 7.22. The van der Waals surface area contributed by atoms with Gasteiger partial charge in [-0.2, -0.15) is 0 Å². The SMILES string of the molecule is CCN(CC)c1ccc(CNC(=O)c2ccc([C@H]3SCC(=O)N3Cc3ccc(Cl)cc3)cc2)cc1. The van der Waals surface area contributed by atoms with Gasteiger partial charge in [0.2, 0.25) is 5.91 Å². The smallest absolute Gasteiger partial charge is 0.251 e. The van der Waals surface area contributed by atoms with Crippen LogP contribution in [0.1, 0.15) is 46.3 Å². The Morgan fingerprint density at radius 2 is 1.60 bits per heavy atom. The molecule has 2 amide bonds. The van der Waals surface area contributed by atoms with Gasteiger partial charge in [0.25, 0.3) is 5.91 Å². The second-order valence-electron chi connectivity index (χ2n) is 8.45. The topological polar surface area (TPSA) is 52.7 Å². The van der Waals surface area contributed by atoms with Crippen LogP contribution in [0.25, 0.3) is 0 Å². The van der Waals surface area contributed by atoms with Crippen molar-refractivity contribution in [1.29, 1.82) is 0 Å². The number of nitrogens with zero attached hydrogens (tertiary/aromatic N) is 2. The van der Waals surface area contributed by atoms with Crippen LogP contribution in [0.2, 0.25) is 5.02 Å². The highest BCUT2D eigenvalue weighted by Crippen LogP contribution is 2.39. The minimum atomic E-state index is -0.113. The highest BCUT2D eigenvalue weighted by Gasteiger charge is 2.32. The fourth-order valence-corrected chi connectivity index (χ4v) is 5.50. The van der Waals surface area contributed by atoms with Crippen LogP contribution in [-0.2, 0) is 17.9 Å². The molecule has 5 nitrogen and oxygen atoms in total. The first-order valence-electron chi connectivity index (χ1n) is 11.9. The van der Waals surface area contributed by atoms with Crippen molar-refractivity contribution in [3.8, 4) is 0 Å². The van der Waals surface area contributed by atoms with Crippen molar-refractivity contribution in [1.82, 2.24) is 10.2 Å². The molecule has 0 saturated carbocycles. The molecule has 182 valence electrons. The Morgan fingerprint density at radius 1 is 0.971 bits per heavy atom. The van der Waals surface area contributed by atoms with Crippen molar-refractivity contribution in [3.63, 3.8) is 0 Å². The Bertz CT molecular complexity index is 1150. The highest BCUT2D eigenvalue weighted by atomic mass is 35.5. The van der Waals surface area contributed by atoms with E-state index in [1.54, 1.807) is 11.8 Å². The lowest BCUT2D eigenvalue weighted by molar-refractivity contribution is -0.128. The summed E-state index contributed by atoms with van der Waals surface area (Å²) < 4.78 is 0. The number of nitrogens with one attached hydrogen (secondary N) is 1. The number of carbonyl (C=O) groups excluding carboxylic acids is 2. The van der Waals surface area contributed by atoms with Crippen molar-refractivity contribution in [2.45, 2.75) is 32.3 Å². The van der Waals surface area contributed by atoms with Gasteiger partial charge in [0.1, 0.15) is 5.37 Å². The van der Waals surface area contributed by atoms with Gasteiger partial charge in [0.05, 0.1) is 5.75 Å². The minimum Gasteiger partial charge on any atom is -0.372 e. The number of hydrogen-bond acceptors (Lipinski definition) is 4. The third-order valence-electron chi connectivity index (χ3n) is 6.21. The van der Waals surface area contributed by atoms with Crippen LogP contribution in [0.4, 0.5) is 5.69 Å². The fraction of sp³-hybridized carbons (Fsp3) is 0.286. The molecule has 3 aromatic rings. The third-order valence-corrected chi connectivity index (χ3v) is 7.72. The summed E-state index contributed by atoms with van der Waals surface area (Å²) in [7, 11) is 0. The molecule has 1 atom stereocenters. The van der Waals surface area contributed by atoms with Gasteiger partial charge in [0, 0.05) is 42.5 Å². The first-order chi connectivity index (χ1) is 17.0. The molecule has 0 spiro atoms. The van der Waals surface area contributed by atoms with Crippen LogP contribution in [0.15, 0.2) is 72.8 Å². The summed E-state index contributed by atoms with van der Waals surface area (Å²) in [5.74, 6) is 0.453. The van der Waals surface area contributed by atoms with Gasteiger partial charge in [-0.15, -0.1) is 11.8 Å². The van der Waals surface area contributed by atoms with Gasteiger partial charge >= 0.3 is 0 Å². The Morgan fingerprint density at radius 3 is 2.23 bits per heavy atom. The average molecular weight is 508 g/mol. The van der Waals surface area contributed by atoms with Crippen molar-refractivity contribution in [3.05, 3.63) is 100 Å². The largest absolute Gasteiger partial charge is 0.372 e. The minimum absolute atomic E-state index is 0.0698. The molecule has 7 heteroatoms. The van der Waals surface area contributed by atoms with Gasteiger partial charge in [-0.05, 0) is 66.9 Å². The zero-order valence-electron chi connectivity index (χ0n) is 20.0. The van der Waals surface area contributed by atoms with E-state index in [4.69, 9.17) is 11.6 Å². The number of hydrogen-bond donors (Lipinski definition) is 1. The van der Waals surface area contributed by atoms with E-state index in [2.05, 4.69) is 48.3 Å². The first kappa shape index (κ1) is 25.1. The van der Waals surface area contributed by atoms with Gasteiger partial charge < -0.3 is 15.1 Å². The Labute approximate surface area is 216 Å². The van der Waals surface area contributed by atoms with Crippen LogP contribution in [0.5, 0.6) is 0 Å². The van der Waals surface area contributed by atoms with Crippen LogP contribution in [-0.4, -0.2) is 35.6 Å². The lowest BCUT2D eigenvalue weighted by Gasteiger charge is -2.24. The first-order valence-corrected chi connectivity index (χ1v) is 13.3. The van der Waals surface area contributed by atoms with Crippen LogP contribution < -0.4 is 10.2 Å². The predicted molar refractivity (Wildman–Crippen MR) is 145 cm³/mol. The summed E-state index contributed by atoms with van der Waals surface area (Å²) in [5, 5.41) is 3.61. The molecule has 1 aliphatic rings. The molecule has 1 heterocycles. The molecule has 1 N–H and O–H groups in total. The molecular weight excluding hydrogens is 478 g/mol. The van der Waals surface area contributed by atoms with Crippen molar-refractivity contribution in [2.75, 3.05) is 23.7 Å². The van der Waals surface area contributed by atoms with Crippen molar-refractivity contribution in [2.24, 2.45) is 0 Å². The van der Waals surface area contributed by atoms with Crippen LogP contribution >= 0.6 is 23.4 Å².